The quantitative estimate of drug-likeness (QED) is 0.855. The molecule has 5 nitrogen and oxygen atoms in total. The van der Waals surface area contributed by atoms with Crippen molar-refractivity contribution in [2.75, 3.05) is 13.1 Å². The molecule has 1 aromatic heterocycles. The second-order valence-corrected chi connectivity index (χ2v) is 5.65. The number of hydrogen-bond donors (Lipinski definition) is 0. The molecule has 0 saturated carbocycles. The van der Waals surface area contributed by atoms with E-state index in [1.165, 1.54) is 0 Å². The summed E-state index contributed by atoms with van der Waals surface area (Å²) in [7, 11) is 0. The maximum Gasteiger partial charge on any atom is 0.316 e. The Kier molecular flexibility index (Phi) is 4.15. The third kappa shape index (κ3) is 3.21. The monoisotopic (exact) mass is 347 g/mol. The highest BCUT2D eigenvalue weighted by Gasteiger charge is 2.29. The third-order valence-electron chi connectivity index (χ3n) is 3.35. The number of carbonyl (C=O) groups is 1. The van der Waals surface area contributed by atoms with E-state index in [0.29, 0.717) is 24.7 Å². The van der Waals surface area contributed by atoms with E-state index >= 15 is 0 Å². The second kappa shape index (κ2) is 6.22. The summed E-state index contributed by atoms with van der Waals surface area (Å²) >= 11 is 3.41. The highest BCUT2D eigenvalue weighted by atomic mass is 79.9. The van der Waals surface area contributed by atoms with E-state index in [1.54, 1.807) is 23.4 Å². The van der Waals surface area contributed by atoms with Gasteiger partial charge in [-0.15, -0.1) is 0 Å². The normalized spacial score (nSPS) is 17.8. The van der Waals surface area contributed by atoms with Crippen molar-refractivity contribution in [3.05, 3.63) is 52.8 Å². The number of ether oxygens (including phenoxy) is 1. The van der Waals surface area contributed by atoms with Crippen LogP contribution in [-0.2, 0) is 0 Å². The summed E-state index contributed by atoms with van der Waals surface area (Å²) in [5.74, 6) is 0.0163. The van der Waals surface area contributed by atoms with Crippen LogP contribution in [0.3, 0.4) is 0 Å². The van der Waals surface area contributed by atoms with E-state index in [1.807, 2.05) is 24.3 Å². The summed E-state index contributed by atoms with van der Waals surface area (Å²) in [6, 6.07) is 9.54. The fraction of sp³-hybridized carbons (Fsp3) is 0.267. The van der Waals surface area contributed by atoms with Gasteiger partial charge in [0.1, 0.15) is 6.10 Å². The van der Waals surface area contributed by atoms with Gasteiger partial charge in [-0.3, -0.25) is 4.79 Å². The minimum Gasteiger partial charge on any atom is -0.458 e. The van der Waals surface area contributed by atoms with Gasteiger partial charge in [0.15, 0.2) is 0 Å². The van der Waals surface area contributed by atoms with E-state index in [0.717, 1.165) is 10.9 Å². The third-order valence-corrected chi connectivity index (χ3v) is 4.04. The number of nitrogens with zero attached hydrogens (tertiary/aromatic N) is 3. The molecule has 108 valence electrons. The Morgan fingerprint density at radius 3 is 2.76 bits per heavy atom. The van der Waals surface area contributed by atoms with Crippen molar-refractivity contribution in [3.8, 4) is 6.01 Å². The molecule has 3 rings (SSSR count). The summed E-state index contributed by atoms with van der Waals surface area (Å²) in [5, 5.41) is 0. The van der Waals surface area contributed by atoms with Crippen molar-refractivity contribution >= 4 is 21.8 Å². The molecule has 0 N–H and O–H groups in total. The van der Waals surface area contributed by atoms with Crippen LogP contribution in [0.25, 0.3) is 0 Å². The Bertz CT molecular complexity index is 636. The maximum atomic E-state index is 12.5. The van der Waals surface area contributed by atoms with E-state index in [4.69, 9.17) is 4.74 Å². The molecule has 1 atom stereocenters. The van der Waals surface area contributed by atoms with Gasteiger partial charge in [-0.1, -0.05) is 12.1 Å². The smallest absolute Gasteiger partial charge is 0.316 e. The molecular weight excluding hydrogens is 334 g/mol. The van der Waals surface area contributed by atoms with Crippen LogP contribution in [0, 0.1) is 0 Å². The zero-order valence-electron chi connectivity index (χ0n) is 11.3. The summed E-state index contributed by atoms with van der Waals surface area (Å²) in [5.41, 5.74) is 0.675. The first-order chi connectivity index (χ1) is 10.2. The van der Waals surface area contributed by atoms with Crippen LogP contribution >= 0.6 is 15.9 Å². The first-order valence-corrected chi connectivity index (χ1v) is 7.51. The van der Waals surface area contributed by atoms with Gasteiger partial charge in [-0.25, -0.2) is 9.97 Å². The summed E-state index contributed by atoms with van der Waals surface area (Å²) in [4.78, 5) is 22.4. The van der Waals surface area contributed by atoms with Crippen LogP contribution in [0.2, 0.25) is 0 Å². The molecule has 1 fully saturated rings. The molecule has 0 radical (unpaired) electrons. The van der Waals surface area contributed by atoms with Crippen LogP contribution in [0.4, 0.5) is 0 Å². The van der Waals surface area contributed by atoms with E-state index in [9.17, 15) is 4.79 Å². The molecule has 1 saturated heterocycles. The summed E-state index contributed by atoms with van der Waals surface area (Å²) in [6.45, 7) is 1.23. The van der Waals surface area contributed by atoms with Crippen LogP contribution in [0.5, 0.6) is 6.01 Å². The van der Waals surface area contributed by atoms with Crippen molar-refractivity contribution in [2.45, 2.75) is 12.5 Å². The van der Waals surface area contributed by atoms with E-state index < -0.39 is 0 Å². The molecule has 1 aliphatic heterocycles. The standard InChI is InChI=1S/C15H14BrN3O2/c16-13-5-2-1-4-12(13)14(20)19-9-6-11(10-19)21-15-17-7-3-8-18-15/h1-5,7-8,11H,6,9-10H2. The van der Waals surface area contributed by atoms with Crippen molar-refractivity contribution in [1.29, 1.82) is 0 Å². The number of likely N-dealkylation sites (tertiary alicyclic amines) is 1. The van der Waals surface area contributed by atoms with Crippen molar-refractivity contribution in [1.82, 2.24) is 14.9 Å². The molecule has 1 amide bonds. The Morgan fingerprint density at radius 2 is 2.00 bits per heavy atom. The number of hydrogen-bond acceptors (Lipinski definition) is 4. The molecular formula is C15H14BrN3O2. The lowest BCUT2D eigenvalue weighted by atomic mass is 10.2. The lowest BCUT2D eigenvalue weighted by molar-refractivity contribution is 0.0769. The number of rotatable bonds is 3. The number of halogens is 1. The minimum absolute atomic E-state index is 0.0163. The van der Waals surface area contributed by atoms with Crippen molar-refractivity contribution < 1.29 is 9.53 Å². The van der Waals surface area contributed by atoms with Gasteiger partial charge in [-0.2, -0.15) is 0 Å². The Hall–Kier alpha value is -1.95. The molecule has 6 heteroatoms. The van der Waals surface area contributed by atoms with Gasteiger partial charge in [-0.05, 0) is 34.1 Å². The molecule has 2 aromatic rings. The fourth-order valence-electron chi connectivity index (χ4n) is 2.31. The molecule has 1 unspecified atom stereocenters. The Labute approximate surface area is 131 Å². The molecule has 2 heterocycles. The molecule has 0 bridgehead atoms. The molecule has 1 aromatic carbocycles. The number of amides is 1. The zero-order valence-corrected chi connectivity index (χ0v) is 12.9. The molecule has 0 spiro atoms. The Balaban J connectivity index is 1.65. The molecule has 1 aliphatic rings. The molecule has 0 aliphatic carbocycles. The average Bonchev–Trinajstić information content (AvgIpc) is 2.97. The topological polar surface area (TPSA) is 55.3 Å². The van der Waals surface area contributed by atoms with Crippen molar-refractivity contribution in [3.63, 3.8) is 0 Å². The number of carbonyl (C=O) groups excluding carboxylic acids is 1. The van der Waals surface area contributed by atoms with Crippen LogP contribution < -0.4 is 4.74 Å². The maximum absolute atomic E-state index is 12.5. The van der Waals surface area contributed by atoms with Gasteiger partial charge >= 0.3 is 6.01 Å². The highest BCUT2D eigenvalue weighted by Crippen LogP contribution is 2.21. The SMILES string of the molecule is O=C(c1ccccc1Br)N1CCC(Oc2ncccn2)C1. The summed E-state index contributed by atoms with van der Waals surface area (Å²) < 4.78 is 6.50. The highest BCUT2D eigenvalue weighted by molar-refractivity contribution is 9.10. The van der Waals surface area contributed by atoms with E-state index in [2.05, 4.69) is 25.9 Å². The van der Waals surface area contributed by atoms with E-state index in [-0.39, 0.29) is 12.0 Å². The average molecular weight is 348 g/mol. The van der Waals surface area contributed by atoms with Crippen LogP contribution in [-0.4, -0.2) is 40.0 Å². The van der Waals surface area contributed by atoms with Gasteiger partial charge in [0.2, 0.25) is 0 Å². The minimum atomic E-state index is -0.0566. The number of benzene rings is 1. The molecule has 21 heavy (non-hydrogen) atoms. The Morgan fingerprint density at radius 1 is 1.24 bits per heavy atom. The lowest BCUT2D eigenvalue weighted by Crippen LogP contribution is -2.31. The fourth-order valence-corrected chi connectivity index (χ4v) is 2.76. The predicted molar refractivity (Wildman–Crippen MR) is 81.1 cm³/mol. The van der Waals surface area contributed by atoms with Crippen LogP contribution in [0.15, 0.2) is 47.2 Å². The lowest BCUT2D eigenvalue weighted by Gasteiger charge is -2.17. The summed E-state index contributed by atoms with van der Waals surface area (Å²) in [6.07, 6.45) is 4.01. The largest absolute Gasteiger partial charge is 0.458 e. The van der Waals surface area contributed by atoms with Gasteiger partial charge in [0.25, 0.3) is 5.91 Å². The van der Waals surface area contributed by atoms with Gasteiger partial charge in [0, 0.05) is 29.8 Å². The first-order valence-electron chi connectivity index (χ1n) is 6.71. The van der Waals surface area contributed by atoms with Crippen LogP contribution in [0.1, 0.15) is 16.8 Å². The second-order valence-electron chi connectivity index (χ2n) is 4.79. The first kappa shape index (κ1) is 14.0. The zero-order chi connectivity index (χ0) is 14.7. The van der Waals surface area contributed by atoms with Gasteiger partial charge < -0.3 is 9.64 Å². The number of aromatic nitrogens is 2. The van der Waals surface area contributed by atoms with Crippen molar-refractivity contribution in [2.24, 2.45) is 0 Å². The van der Waals surface area contributed by atoms with Gasteiger partial charge in [0.05, 0.1) is 12.1 Å². The predicted octanol–water partition coefficient (Wildman–Crippen LogP) is 2.53.